The lowest BCUT2D eigenvalue weighted by atomic mass is 10.2. The number of aromatic nitrogens is 3. The number of pyridine rings is 1. The maximum Gasteiger partial charge on any atom is 0.274 e. The third-order valence-electron chi connectivity index (χ3n) is 3.59. The first kappa shape index (κ1) is 18.0. The molecule has 0 spiro atoms. The molecule has 0 saturated heterocycles. The van der Waals surface area contributed by atoms with Gasteiger partial charge in [0, 0.05) is 43.3 Å². The topological polar surface area (TPSA) is 109 Å². The van der Waals surface area contributed by atoms with Gasteiger partial charge in [-0.2, -0.15) is 0 Å². The summed E-state index contributed by atoms with van der Waals surface area (Å²) in [6, 6.07) is 12.2. The monoisotopic (exact) mass is 362 g/mol. The number of carbonyl (C=O) groups is 2. The molecule has 0 fully saturated rings. The van der Waals surface area contributed by atoms with Crippen molar-refractivity contribution >= 4 is 29.0 Å². The maximum absolute atomic E-state index is 12.4. The number of carbonyl (C=O) groups excluding carboxylic acids is 2. The van der Waals surface area contributed by atoms with E-state index in [1.165, 1.54) is 13.3 Å². The van der Waals surface area contributed by atoms with Gasteiger partial charge in [0.1, 0.15) is 17.8 Å². The summed E-state index contributed by atoms with van der Waals surface area (Å²) in [5, 5.41) is 8.58. The molecule has 0 aliphatic heterocycles. The number of rotatable bonds is 6. The summed E-state index contributed by atoms with van der Waals surface area (Å²) >= 11 is 0. The summed E-state index contributed by atoms with van der Waals surface area (Å²) in [4.78, 5) is 35.5. The van der Waals surface area contributed by atoms with Crippen LogP contribution in [0.4, 0.5) is 17.2 Å². The zero-order chi connectivity index (χ0) is 19.1. The summed E-state index contributed by atoms with van der Waals surface area (Å²) in [7, 11) is 0. The van der Waals surface area contributed by atoms with Gasteiger partial charge in [0.05, 0.1) is 0 Å². The highest BCUT2D eigenvalue weighted by molar-refractivity contribution is 6.03. The zero-order valence-electron chi connectivity index (χ0n) is 14.6. The van der Waals surface area contributed by atoms with Gasteiger partial charge in [-0.05, 0) is 42.0 Å². The number of amides is 2. The largest absolute Gasteiger partial charge is 0.366 e. The van der Waals surface area contributed by atoms with E-state index in [4.69, 9.17) is 0 Å². The van der Waals surface area contributed by atoms with Crippen LogP contribution >= 0.6 is 0 Å². The highest BCUT2D eigenvalue weighted by Gasteiger charge is 2.09. The Bertz CT molecular complexity index is 928. The van der Waals surface area contributed by atoms with Gasteiger partial charge in [0.15, 0.2) is 0 Å². The molecule has 27 heavy (non-hydrogen) atoms. The van der Waals surface area contributed by atoms with Gasteiger partial charge in [-0.1, -0.05) is 0 Å². The minimum absolute atomic E-state index is 0.153. The zero-order valence-corrected chi connectivity index (χ0v) is 14.6. The van der Waals surface area contributed by atoms with E-state index in [2.05, 4.69) is 30.9 Å². The molecule has 2 amide bonds. The minimum atomic E-state index is -0.350. The van der Waals surface area contributed by atoms with Gasteiger partial charge < -0.3 is 16.0 Å². The Kier molecular flexibility index (Phi) is 5.68. The molecule has 2 heterocycles. The second kappa shape index (κ2) is 8.52. The van der Waals surface area contributed by atoms with Crippen molar-refractivity contribution in [2.24, 2.45) is 0 Å². The Morgan fingerprint density at radius 2 is 1.59 bits per heavy atom. The molecule has 0 radical (unpaired) electrons. The summed E-state index contributed by atoms with van der Waals surface area (Å²) in [5.74, 6) is 0.0455. The van der Waals surface area contributed by atoms with Crippen LogP contribution in [-0.4, -0.2) is 26.8 Å². The summed E-state index contributed by atoms with van der Waals surface area (Å²) in [6.45, 7) is 2.00. The van der Waals surface area contributed by atoms with E-state index >= 15 is 0 Å². The van der Waals surface area contributed by atoms with E-state index < -0.39 is 0 Å². The van der Waals surface area contributed by atoms with Crippen molar-refractivity contribution in [2.75, 3.05) is 16.0 Å². The van der Waals surface area contributed by atoms with Crippen molar-refractivity contribution in [3.05, 3.63) is 72.4 Å². The molecule has 0 atom stereocenters. The van der Waals surface area contributed by atoms with Crippen molar-refractivity contribution in [1.29, 1.82) is 0 Å². The number of nitrogens with one attached hydrogen (secondary N) is 3. The van der Waals surface area contributed by atoms with E-state index in [0.717, 1.165) is 5.56 Å². The normalized spacial score (nSPS) is 10.1. The lowest BCUT2D eigenvalue weighted by Crippen LogP contribution is -2.15. The molecular formula is C19H18N6O2. The van der Waals surface area contributed by atoms with E-state index in [1.807, 2.05) is 12.1 Å². The van der Waals surface area contributed by atoms with Gasteiger partial charge in [0.2, 0.25) is 5.91 Å². The Morgan fingerprint density at radius 3 is 2.26 bits per heavy atom. The Labute approximate surface area is 156 Å². The number of hydrogen-bond donors (Lipinski definition) is 3. The fourth-order valence-electron chi connectivity index (χ4n) is 2.31. The Hall–Kier alpha value is -3.81. The Balaban J connectivity index is 1.62. The first-order valence-electron chi connectivity index (χ1n) is 8.24. The van der Waals surface area contributed by atoms with Crippen molar-refractivity contribution < 1.29 is 9.59 Å². The van der Waals surface area contributed by atoms with Gasteiger partial charge in [-0.25, -0.2) is 9.97 Å². The second-order valence-corrected chi connectivity index (χ2v) is 5.71. The van der Waals surface area contributed by atoms with E-state index in [-0.39, 0.29) is 17.5 Å². The van der Waals surface area contributed by atoms with Gasteiger partial charge in [-0.15, -0.1) is 0 Å². The van der Waals surface area contributed by atoms with Crippen molar-refractivity contribution in [2.45, 2.75) is 13.5 Å². The molecule has 136 valence electrons. The summed E-state index contributed by atoms with van der Waals surface area (Å²) < 4.78 is 0. The van der Waals surface area contributed by atoms with Crippen LogP contribution in [0.25, 0.3) is 0 Å². The molecule has 0 saturated carbocycles. The van der Waals surface area contributed by atoms with Crippen LogP contribution in [0.1, 0.15) is 23.0 Å². The predicted molar refractivity (Wildman–Crippen MR) is 102 cm³/mol. The minimum Gasteiger partial charge on any atom is -0.366 e. The molecule has 2 aromatic heterocycles. The van der Waals surface area contributed by atoms with Crippen LogP contribution in [0.5, 0.6) is 0 Å². The third-order valence-corrected chi connectivity index (χ3v) is 3.59. The average molecular weight is 362 g/mol. The average Bonchev–Trinajstić information content (AvgIpc) is 2.68. The molecule has 1 aromatic carbocycles. The fraction of sp³-hybridized carbons (Fsp3) is 0.105. The molecule has 8 nitrogen and oxygen atoms in total. The molecule has 0 unspecified atom stereocenters. The lowest BCUT2D eigenvalue weighted by Gasteiger charge is -2.08. The molecule has 0 aliphatic rings. The van der Waals surface area contributed by atoms with E-state index in [1.54, 1.807) is 42.7 Å². The smallest absolute Gasteiger partial charge is 0.274 e. The SMILES string of the molecule is CC(=O)Nc1ccc(NC(=O)c2cc(NCc3ccncc3)ncn2)cc1. The van der Waals surface area contributed by atoms with Crippen molar-refractivity contribution in [3.8, 4) is 0 Å². The molecule has 3 rings (SSSR count). The van der Waals surface area contributed by atoms with Crippen LogP contribution in [-0.2, 0) is 11.3 Å². The van der Waals surface area contributed by atoms with Gasteiger partial charge in [0.25, 0.3) is 5.91 Å². The van der Waals surface area contributed by atoms with Gasteiger partial charge in [-0.3, -0.25) is 14.6 Å². The van der Waals surface area contributed by atoms with Crippen LogP contribution in [0, 0.1) is 0 Å². The number of benzene rings is 1. The number of nitrogens with zero attached hydrogens (tertiary/aromatic N) is 3. The first-order chi connectivity index (χ1) is 13.1. The maximum atomic E-state index is 12.4. The van der Waals surface area contributed by atoms with Crippen LogP contribution < -0.4 is 16.0 Å². The molecular weight excluding hydrogens is 344 g/mol. The highest BCUT2D eigenvalue weighted by atomic mass is 16.2. The predicted octanol–water partition coefficient (Wildman–Crippen LogP) is 2.69. The molecule has 8 heteroatoms. The quantitative estimate of drug-likeness (QED) is 0.622. The molecule has 3 aromatic rings. The number of anilines is 3. The van der Waals surface area contributed by atoms with Crippen LogP contribution in [0.2, 0.25) is 0 Å². The van der Waals surface area contributed by atoms with Crippen LogP contribution in [0.3, 0.4) is 0 Å². The molecule has 3 N–H and O–H groups in total. The van der Waals surface area contributed by atoms with Crippen molar-refractivity contribution in [1.82, 2.24) is 15.0 Å². The fourth-order valence-corrected chi connectivity index (χ4v) is 2.31. The molecule has 0 bridgehead atoms. The highest BCUT2D eigenvalue weighted by Crippen LogP contribution is 2.15. The second-order valence-electron chi connectivity index (χ2n) is 5.71. The van der Waals surface area contributed by atoms with E-state index in [0.29, 0.717) is 23.7 Å². The van der Waals surface area contributed by atoms with Gasteiger partial charge >= 0.3 is 0 Å². The number of hydrogen-bond acceptors (Lipinski definition) is 6. The molecule has 0 aliphatic carbocycles. The third kappa shape index (κ3) is 5.33. The van der Waals surface area contributed by atoms with Crippen molar-refractivity contribution in [3.63, 3.8) is 0 Å². The van der Waals surface area contributed by atoms with Crippen LogP contribution in [0.15, 0.2) is 61.2 Å². The first-order valence-corrected chi connectivity index (χ1v) is 8.24. The summed E-state index contributed by atoms with van der Waals surface area (Å²) in [6.07, 6.45) is 4.77. The van der Waals surface area contributed by atoms with E-state index in [9.17, 15) is 9.59 Å². The Morgan fingerprint density at radius 1 is 0.926 bits per heavy atom. The summed E-state index contributed by atoms with van der Waals surface area (Å²) in [5.41, 5.74) is 2.55. The lowest BCUT2D eigenvalue weighted by molar-refractivity contribution is -0.114. The standard InChI is InChI=1S/C19H18N6O2/c1-13(26)24-15-2-4-16(5-3-15)25-19(27)17-10-18(23-12-22-17)21-11-14-6-8-20-9-7-14/h2-10,12H,11H2,1H3,(H,24,26)(H,25,27)(H,21,22,23).